The second-order valence-corrected chi connectivity index (χ2v) is 3.94. The van der Waals surface area contributed by atoms with Gasteiger partial charge in [0.15, 0.2) is 6.04 Å². The lowest BCUT2D eigenvalue weighted by atomic mass is 10.2. The minimum atomic E-state index is -5.41. The van der Waals surface area contributed by atoms with Crippen molar-refractivity contribution in [3.8, 4) is 0 Å². The average Bonchev–Trinajstić information content (AvgIpc) is 2.78. The molecule has 3 unspecified atom stereocenters. The molecule has 1 saturated carbocycles. The lowest BCUT2D eigenvalue weighted by Crippen LogP contribution is -2.57. The smallest absolute Gasteiger partial charge is 0.471 e. The summed E-state index contributed by atoms with van der Waals surface area (Å²) in [4.78, 5) is 21.4. The van der Waals surface area contributed by atoms with E-state index < -0.39 is 48.8 Å². The van der Waals surface area contributed by atoms with Crippen molar-refractivity contribution < 1.29 is 41.4 Å². The zero-order valence-corrected chi connectivity index (χ0v) is 8.45. The fourth-order valence-corrected chi connectivity index (χ4v) is 1.89. The third-order valence-electron chi connectivity index (χ3n) is 2.78. The van der Waals surface area contributed by atoms with E-state index in [4.69, 9.17) is 5.11 Å². The summed E-state index contributed by atoms with van der Waals surface area (Å²) in [7, 11) is 0. The fraction of sp³-hybridized carbons (Fsp3) is 0.750. The van der Waals surface area contributed by atoms with Gasteiger partial charge in [0, 0.05) is 0 Å². The summed E-state index contributed by atoms with van der Waals surface area (Å²) < 4.78 is 67.3. The van der Waals surface area contributed by atoms with Crippen LogP contribution in [-0.4, -0.2) is 58.8 Å². The molecule has 1 N–H and O–H groups in total. The SMILES string of the molecule is O=C(O)C1COC2C(N1C(=O)C(F)(F)F)C2(F)F. The van der Waals surface area contributed by atoms with Crippen LogP contribution in [0.5, 0.6) is 0 Å². The monoisotopic (exact) mass is 275 g/mol. The molecule has 5 nitrogen and oxygen atoms in total. The minimum absolute atomic E-state index is 0.337. The van der Waals surface area contributed by atoms with Crippen molar-refractivity contribution in [2.45, 2.75) is 30.3 Å². The van der Waals surface area contributed by atoms with Crippen molar-refractivity contribution in [1.82, 2.24) is 4.90 Å². The van der Waals surface area contributed by atoms with Crippen molar-refractivity contribution in [2.75, 3.05) is 6.61 Å². The number of fused-ring (bicyclic) bond motifs is 1. The first kappa shape index (κ1) is 13.0. The summed E-state index contributed by atoms with van der Waals surface area (Å²) in [6.45, 7) is -0.895. The standard InChI is InChI=1S/C8H6F5NO4/c9-7(10)3-4(7)18-1-2(5(15)16)14(3)6(17)8(11,12)13/h2-4H,1H2,(H,15,16). The number of carboxylic acids is 1. The van der Waals surface area contributed by atoms with Gasteiger partial charge in [0.05, 0.1) is 6.61 Å². The summed E-state index contributed by atoms with van der Waals surface area (Å²) in [6, 6.07) is -4.23. The van der Waals surface area contributed by atoms with Crippen molar-refractivity contribution in [3.05, 3.63) is 0 Å². The van der Waals surface area contributed by atoms with Crippen molar-refractivity contribution in [1.29, 1.82) is 0 Å². The van der Waals surface area contributed by atoms with Crippen molar-refractivity contribution in [3.63, 3.8) is 0 Å². The van der Waals surface area contributed by atoms with E-state index in [1.165, 1.54) is 0 Å². The van der Waals surface area contributed by atoms with E-state index in [0.29, 0.717) is 0 Å². The van der Waals surface area contributed by atoms with Crippen LogP contribution in [0.15, 0.2) is 0 Å². The number of rotatable bonds is 1. The van der Waals surface area contributed by atoms with Crippen LogP contribution in [0.3, 0.4) is 0 Å². The predicted octanol–water partition coefficient (Wildman–Crippen LogP) is 0.247. The predicted molar refractivity (Wildman–Crippen MR) is 42.8 cm³/mol. The Morgan fingerprint density at radius 1 is 1.33 bits per heavy atom. The molecule has 2 rings (SSSR count). The van der Waals surface area contributed by atoms with Gasteiger partial charge in [-0.2, -0.15) is 13.2 Å². The Balaban J connectivity index is 2.32. The second-order valence-electron chi connectivity index (χ2n) is 3.94. The molecule has 0 spiro atoms. The molecule has 3 atom stereocenters. The molecule has 102 valence electrons. The van der Waals surface area contributed by atoms with E-state index >= 15 is 0 Å². The molecule has 0 bridgehead atoms. The Labute approximate surface area is 96.1 Å². The highest BCUT2D eigenvalue weighted by molar-refractivity contribution is 5.88. The largest absolute Gasteiger partial charge is 0.480 e. The highest BCUT2D eigenvalue weighted by Crippen LogP contribution is 2.52. The summed E-state index contributed by atoms with van der Waals surface area (Å²) in [5.41, 5.74) is 0. The molecule has 0 radical (unpaired) electrons. The molecule has 18 heavy (non-hydrogen) atoms. The fourth-order valence-electron chi connectivity index (χ4n) is 1.89. The number of carboxylic acid groups (broad SMARTS) is 1. The summed E-state index contributed by atoms with van der Waals surface area (Å²) in [6.07, 6.45) is -7.27. The maximum Gasteiger partial charge on any atom is 0.471 e. The van der Waals surface area contributed by atoms with E-state index in [1.54, 1.807) is 0 Å². The van der Waals surface area contributed by atoms with Gasteiger partial charge in [-0.3, -0.25) is 4.79 Å². The van der Waals surface area contributed by atoms with Gasteiger partial charge in [-0.15, -0.1) is 0 Å². The molecule has 1 aliphatic carbocycles. The number of aliphatic carboxylic acids is 1. The van der Waals surface area contributed by atoms with Gasteiger partial charge in [-0.05, 0) is 0 Å². The third-order valence-corrected chi connectivity index (χ3v) is 2.78. The molecular weight excluding hydrogens is 269 g/mol. The highest BCUT2D eigenvalue weighted by atomic mass is 19.4. The summed E-state index contributed by atoms with van der Waals surface area (Å²) >= 11 is 0. The molecule has 1 heterocycles. The molecule has 1 amide bonds. The Morgan fingerprint density at radius 3 is 2.33 bits per heavy atom. The maximum absolute atomic E-state index is 13.1. The number of carbonyl (C=O) groups is 2. The van der Waals surface area contributed by atoms with E-state index in [-0.39, 0.29) is 4.90 Å². The maximum atomic E-state index is 13.1. The van der Waals surface area contributed by atoms with Gasteiger partial charge in [0.2, 0.25) is 0 Å². The van der Waals surface area contributed by atoms with Gasteiger partial charge in [-0.1, -0.05) is 0 Å². The van der Waals surface area contributed by atoms with Crippen LogP contribution in [0.2, 0.25) is 0 Å². The molecule has 10 heteroatoms. The first-order valence-electron chi connectivity index (χ1n) is 4.70. The van der Waals surface area contributed by atoms with E-state index in [0.717, 1.165) is 0 Å². The third kappa shape index (κ3) is 1.71. The molecule has 1 saturated heterocycles. The van der Waals surface area contributed by atoms with Crippen molar-refractivity contribution in [2.24, 2.45) is 0 Å². The second kappa shape index (κ2) is 3.53. The van der Waals surface area contributed by atoms with Crippen LogP contribution >= 0.6 is 0 Å². The van der Waals surface area contributed by atoms with E-state index in [1.807, 2.05) is 0 Å². The highest BCUT2D eigenvalue weighted by Gasteiger charge is 2.77. The number of carbonyl (C=O) groups excluding carboxylic acids is 1. The van der Waals surface area contributed by atoms with Crippen LogP contribution < -0.4 is 0 Å². The van der Waals surface area contributed by atoms with Gasteiger partial charge >= 0.3 is 18.1 Å². The van der Waals surface area contributed by atoms with Crippen LogP contribution in [0, 0.1) is 0 Å². The van der Waals surface area contributed by atoms with Crippen molar-refractivity contribution >= 4 is 11.9 Å². The first-order valence-corrected chi connectivity index (χ1v) is 4.70. The summed E-state index contributed by atoms with van der Waals surface area (Å²) in [5.74, 6) is -8.07. The van der Waals surface area contributed by atoms with Gasteiger partial charge in [0.25, 0.3) is 5.92 Å². The number of morpholine rings is 1. The Kier molecular flexibility index (Phi) is 2.55. The number of amides is 1. The molecule has 2 aliphatic rings. The van der Waals surface area contributed by atoms with Crippen LogP contribution in [0.1, 0.15) is 0 Å². The Bertz CT molecular complexity index is 409. The zero-order chi connectivity index (χ0) is 13.9. The number of ether oxygens (including phenoxy) is 1. The number of nitrogens with zero attached hydrogens (tertiary/aromatic N) is 1. The van der Waals surface area contributed by atoms with Gasteiger partial charge < -0.3 is 14.7 Å². The van der Waals surface area contributed by atoms with E-state index in [2.05, 4.69) is 4.74 Å². The number of halogens is 5. The molecule has 0 aromatic rings. The van der Waals surface area contributed by atoms with Crippen LogP contribution in [-0.2, 0) is 14.3 Å². The molecule has 1 aliphatic heterocycles. The van der Waals surface area contributed by atoms with Gasteiger partial charge in [-0.25, -0.2) is 13.6 Å². The normalized spacial score (nSPS) is 33.8. The first-order chi connectivity index (χ1) is 8.08. The van der Waals surface area contributed by atoms with E-state index in [9.17, 15) is 31.5 Å². The topological polar surface area (TPSA) is 66.8 Å². The minimum Gasteiger partial charge on any atom is -0.480 e. The summed E-state index contributed by atoms with van der Waals surface area (Å²) in [5, 5.41) is 8.64. The van der Waals surface area contributed by atoms with Crippen LogP contribution in [0.4, 0.5) is 22.0 Å². The Hall–Kier alpha value is -1.45. The molecule has 0 aromatic heterocycles. The zero-order valence-electron chi connectivity index (χ0n) is 8.45. The number of hydrogen-bond acceptors (Lipinski definition) is 3. The quantitative estimate of drug-likeness (QED) is 0.696. The average molecular weight is 275 g/mol. The molecule has 2 fully saturated rings. The molecular formula is C8H6F5NO4. The molecule has 0 aromatic carbocycles. The number of alkyl halides is 5. The number of hydrogen-bond donors (Lipinski definition) is 1. The lowest BCUT2D eigenvalue weighted by molar-refractivity contribution is -0.196. The van der Waals surface area contributed by atoms with Gasteiger partial charge in [0.1, 0.15) is 12.1 Å². The van der Waals surface area contributed by atoms with Crippen LogP contribution in [0.25, 0.3) is 0 Å². The lowest BCUT2D eigenvalue weighted by Gasteiger charge is -2.31. The Morgan fingerprint density at radius 2 is 1.89 bits per heavy atom.